The Bertz CT molecular complexity index is 1600. The summed E-state index contributed by atoms with van der Waals surface area (Å²) in [5.41, 5.74) is 2.54. The van der Waals surface area contributed by atoms with Crippen molar-refractivity contribution in [2.24, 2.45) is 5.10 Å². The molecule has 0 saturated carbocycles. The van der Waals surface area contributed by atoms with E-state index in [2.05, 4.69) is 10.2 Å². The molecule has 0 aliphatic carbocycles. The van der Waals surface area contributed by atoms with Gasteiger partial charge in [-0.1, -0.05) is 54.1 Å². The highest BCUT2D eigenvalue weighted by Crippen LogP contribution is 2.35. The number of carbonyl (C=O) groups excluding carboxylic acids is 1. The average Bonchev–Trinajstić information content (AvgIpc) is 3.21. The highest BCUT2D eigenvalue weighted by molar-refractivity contribution is 6.32. The quantitative estimate of drug-likeness (QED) is 0.319. The van der Waals surface area contributed by atoms with Crippen molar-refractivity contribution in [2.45, 2.75) is 6.92 Å². The Morgan fingerprint density at radius 1 is 0.865 bits per heavy atom. The van der Waals surface area contributed by atoms with E-state index in [1.807, 2.05) is 36.4 Å². The van der Waals surface area contributed by atoms with Crippen molar-refractivity contribution in [3.63, 3.8) is 0 Å². The molecule has 9 heteroatoms. The van der Waals surface area contributed by atoms with E-state index >= 15 is 0 Å². The number of methoxy groups -OCH3 is 1. The molecule has 37 heavy (non-hydrogen) atoms. The van der Waals surface area contributed by atoms with Gasteiger partial charge in [0, 0.05) is 0 Å². The second kappa shape index (κ2) is 10.1. The van der Waals surface area contributed by atoms with Crippen LogP contribution in [0.5, 0.6) is 17.2 Å². The van der Waals surface area contributed by atoms with Crippen LogP contribution < -0.4 is 20.0 Å². The minimum absolute atomic E-state index is 0.0932. The molecular weight excluding hydrogens is 492 g/mol. The molecule has 0 unspecified atom stereocenters. The third-order valence-electron chi connectivity index (χ3n) is 5.67. The third kappa shape index (κ3) is 4.74. The Morgan fingerprint density at radius 3 is 2.22 bits per heavy atom. The van der Waals surface area contributed by atoms with Gasteiger partial charge in [0.2, 0.25) is 0 Å². The van der Waals surface area contributed by atoms with Crippen LogP contribution in [-0.4, -0.2) is 28.5 Å². The first kappa shape index (κ1) is 24.0. The number of nitrogens with zero attached hydrogens (tertiary/aromatic N) is 4. The van der Waals surface area contributed by atoms with Gasteiger partial charge >= 0.3 is 0 Å². The number of benzene rings is 3. The Kier molecular flexibility index (Phi) is 6.57. The molecule has 184 valence electrons. The van der Waals surface area contributed by atoms with Gasteiger partial charge in [0.15, 0.2) is 22.3 Å². The van der Waals surface area contributed by atoms with Crippen LogP contribution in [0.2, 0.25) is 5.02 Å². The van der Waals surface area contributed by atoms with Gasteiger partial charge in [-0.15, -0.1) is 0 Å². The zero-order chi connectivity index (χ0) is 25.9. The molecule has 2 heterocycles. The summed E-state index contributed by atoms with van der Waals surface area (Å²) in [6.45, 7) is 1.79. The van der Waals surface area contributed by atoms with E-state index in [1.54, 1.807) is 55.5 Å². The van der Waals surface area contributed by atoms with Crippen LogP contribution in [0, 0.1) is 0 Å². The Balaban J connectivity index is 1.41. The minimum atomic E-state index is -0.511. The largest absolute Gasteiger partial charge is 0.493 e. The molecule has 0 bridgehead atoms. The van der Waals surface area contributed by atoms with Crippen molar-refractivity contribution in [1.29, 1.82) is 0 Å². The first-order valence-electron chi connectivity index (χ1n) is 11.3. The number of aromatic nitrogens is 2. The summed E-state index contributed by atoms with van der Waals surface area (Å²) in [6.07, 6.45) is 3.12. The van der Waals surface area contributed by atoms with Crippen molar-refractivity contribution in [2.75, 3.05) is 12.1 Å². The first-order valence-corrected chi connectivity index (χ1v) is 11.7. The predicted molar refractivity (Wildman–Crippen MR) is 143 cm³/mol. The van der Waals surface area contributed by atoms with Crippen LogP contribution in [0.15, 0.2) is 101 Å². The van der Waals surface area contributed by atoms with Crippen molar-refractivity contribution in [3.8, 4) is 22.9 Å². The number of carbonyl (C=O) groups is 1. The van der Waals surface area contributed by atoms with Crippen LogP contribution in [0.25, 0.3) is 11.8 Å². The molecule has 0 fully saturated rings. The lowest BCUT2D eigenvalue weighted by Gasteiger charge is -2.13. The molecule has 0 N–H and O–H groups in total. The number of rotatable bonds is 6. The highest BCUT2D eigenvalue weighted by Gasteiger charge is 2.28. The highest BCUT2D eigenvalue weighted by atomic mass is 35.5. The Hall–Kier alpha value is -4.69. The van der Waals surface area contributed by atoms with Gasteiger partial charge in [0.1, 0.15) is 0 Å². The molecule has 1 amide bonds. The van der Waals surface area contributed by atoms with Gasteiger partial charge in [-0.25, -0.2) is 0 Å². The zero-order valence-corrected chi connectivity index (χ0v) is 20.7. The van der Waals surface area contributed by atoms with E-state index in [0.29, 0.717) is 39.7 Å². The van der Waals surface area contributed by atoms with Crippen LogP contribution in [0.3, 0.4) is 0 Å². The summed E-state index contributed by atoms with van der Waals surface area (Å²) in [7, 11) is 1.50. The number of ether oxygens (including phenoxy) is 2. The maximum absolute atomic E-state index is 13.0. The number of anilines is 1. The lowest BCUT2D eigenvalue weighted by Crippen LogP contribution is -2.21. The predicted octanol–water partition coefficient (Wildman–Crippen LogP) is 5.49. The topological polar surface area (TPSA) is 86.0 Å². The standard InChI is InChI=1S/C28H21ClN4O4/c1-18-22(27(34)33(31-18)21-11-7-4-8-12-21)15-19-13-14-23(24(16-19)36-2)37-25-17-30-32(28(35)26(25)29)20-9-5-3-6-10-20/h3-17H,1-2H3/b22-15+. The average molecular weight is 513 g/mol. The van der Waals surface area contributed by atoms with E-state index in [9.17, 15) is 9.59 Å². The number of hydrazone groups is 1. The summed E-state index contributed by atoms with van der Waals surface area (Å²) in [6, 6.07) is 23.3. The molecule has 8 nitrogen and oxygen atoms in total. The van der Waals surface area contributed by atoms with Gasteiger partial charge in [0.25, 0.3) is 11.5 Å². The van der Waals surface area contributed by atoms with E-state index in [0.717, 1.165) is 0 Å². The molecule has 0 spiro atoms. The van der Waals surface area contributed by atoms with Crippen LogP contribution in [-0.2, 0) is 4.79 Å². The summed E-state index contributed by atoms with van der Waals surface area (Å²) in [5, 5.41) is 9.85. The van der Waals surface area contributed by atoms with E-state index in [-0.39, 0.29) is 16.7 Å². The second-order valence-corrected chi connectivity index (χ2v) is 8.46. The van der Waals surface area contributed by atoms with Crippen LogP contribution >= 0.6 is 11.6 Å². The van der Waals surface area contributed by atoms with Crippen molar-refractivity contribution in [3.05, 3.63) is 112 Å². The van der Waals surface area contributed by atoms with Gasteiger partial charge in [0.05, 0.1) is 36.0 Å². The van der Waals surface area contributed by atoms with E-state index in [1.165, 1.54) is 23.0 Å². The van der Waals surface area contributed by atoms with Crippen LogP contribution in [0.1, 0.15) is 12.5 Å². The SMILES string of the molecule is COc1cc(/C=C2/C(=O)N(c3ccccc3)N=C2C)ccc1Oc1cnn(-c2ccccc2)c(=O)c1Cl. The smallest absolute Gasteiger partial charge is 0.294 e. The number of amides is 1. The fraction of sp³-hybridized carbons (Fsp3) is 0.0714. The van der Waals surface area contributed by atoms with Crippen molar-refractivity contribution in [1.82, 2.24) is 9.78 Å². The summed E-state index contributed by atoms with van der Waals surface area (Å²) < 4.78 is 12.6. The van der Waals surface area contributed by atoms with Crippen molar-refractivity contribution >= 4 is 35.0 Å². The second-order valence-electron chi connectivity index (χ2n) is 8.08. The number of hydrogen-bond acceptors (Lipinski definition) is 6. The number of halogens is 1. The number of hydrogen-bond donors (Lipinski definition) is 0. The first-order chi connectivity index (χ1) is 18.0. The number of para-hydroxylation sites is 2. The van der Waals surface area contributed by atoms with E-state index < -0.39 is 5.56 Å². The molecule has 1 aliphatic heterocycles. The molecule has 0 radical (unpaired) electrons. The third-order valence-corrected chi connectivity index (χ3v) is 6.02. The molecule has 0 atom stereocenters. The lowest BCUT2D eigenvalue weighted by molar-refractivity contribution is -0.114. The summed E-state index contributed by atoms with van der Waals surface area (Å²) in [5.74, 6) is 0.590. The zero-order valence-electron chi connectivity index (χ0n) is 20.0. The Morgan fingerprint density at radius 2 is 1.54 bits per heavy atom. The molecule has 1 aromatic heterocycles. The monoisotopic (exact) mass is 512 g/mol. The van der Waals surface area contributed by atoms with Crippen molar-refractivity contribution < 1.29 is 14.3 Å². The normalized spacial score (nSPS) is 14.1. The maximum Gasteiger partial charge on any atom is 0.294 e. The molecular formula is C28H21ClN4O4. The molecule has 5 rings (SSSR count). The maximum atomic E-state index is 13.0. The molecule has 3 aromatic carbocycles. The fourth-order valence-corrected chi connectivity index (χ4v) is 3.98. The summed E-state index contributed by atoms with van der Waals surface area (Å²) >= 11 is 6.33. The van der Waals surface area contributed by atoms with Gasteiger partial charge in [-0.2, -0.15) is 19.9 Å². The molecule has 0 saturated heterocycles. The van der Waals surface area contributed by atoms with Crippen LogP contribution in [0.4, 0.5) is 5.69 Å². The fourth-order valence-electron chi connectivity index (χ4n) is 3.81. The van der Waals surface area contributed by atoms with Gasteiger partial charge in [-0.05, 0) is 55.0 Å². The lowest BCUT2D eigenvalue weighted by atomic mass is 10.1. The molecule has 1 aliphatic rings. The van der Waals surface area contributed by atoms with E-state index in [4.69, 9.17) is 21.1 Å². The molecule has 4 aromatic rings. The summed E-state index contributed by atoms with van der Waals surface area (Å²) in [4.78, 5) is 25.8. The van der Waals surface area contributed by atoms with Gasteiger partial charge in [-0.3, -0.25) is 9.59 Å². The Labute approximate surface area is 217 Å². The van der Waals surface area contributed by atoms with Gasteiger partial charge < -0.3 is 9.47 Å². The minimum Gasteiger partial charge on any atom is -0.493 e.